The van der Waals surface area contributed by atoms with E-state index in [4.69, 9.17) is 14.6 Å². The van der Waals surface area contributed by atoms with Gasteiger partial charge in [0.2, 0.25) is 0 Å². The van der Waals surface area contributed by atoms with Crippen LogP contribution in [0.25, 0.3) is 0 Å². The standard InChI is InChI=1S/C13H18O4/c1-11(13(14)15)17-9-5-8-16-10-12-6-3-2-4-7-12/h2-4,6-7,11H,5,8-10H2,1H3,(H,14,15)/t11-/m0/s1. The van der Waals surface area contributed by atoms with E-state index in [1.165, 1.54) is 6.92 Å². The highest BCUT2D eigenvalue weighted by Crippen LogP contribution is 2.01. The molecule has 1 atom stereocenters. The molecule has 0 bridgehead atoms. The van der Waals surface area contributed by atoms with Crippen molar-refractivity contribution < 1.29 is 19.4 Å². The largest absolute Gasteiger partial charge is 0.479 e. The van der Waals surface area contributed by atoms with Crippen LogP contribution in [0.5, 0.6) is 0 Å². The zero-order chi connectivity index (χ0) is 12.5. The fourth-order valence-corrected chi connectivity index (χ4v) is 1.26. The summed E-state index contributed by atoms with van der Waals surface area (Å²) < 4.78 is 10.5. The Kier molecular flexibility index (Phi) is 6.29. The molecule has 0 fully saturated rings. The molecular weight excluding hydrogens is 220 g/mol. The van der Waals surface area contributed by atoms with E-state index in [0.29, 0.717) is 26.2 Å². The van der Waals surface area contributed by atoms with Crippen LogP contribution in [-0.4, -0.2) is 30.4 Å². The predicted molar refractivity (Wildman–Crippen MR) is 63.8 cm³/mol. The van der Waals surface area contributed by atoms with Gasteiger partial charge in [0.1, 0.15) is 0 Å². The Morgan fingerprint density at radius 3 is 2.65 bits per heavy atom. The van der Waals surface area contributed by atoms with Crippen LogP contribution in [0.3, 0.4) is 0 Å². The lowest BCUT2D eigenvalue weighted by Gasteiger charge is -2.08. The number of carboxylic acids is 1. The van der Waals surface area contributed by atoms with Gasteiger partial charge in [0, 0.05) is 13.2 Å². The van der Waals surface area contributed by atoms with Crippen LogP contribution in [0.1, 0.15) is 18.9 Å². The molecule has 1 aromatic carbocycles. The molecule has 4 heteroatoms. The molecule has 0 aliphatic rings. The molecule has 0 spiro atoms. The van der Waals surface area contributed by atoms with Crippen molar-refractivity contribution in [3.8, 4) is 0 Å². The van der Waals surface area contributed by atoms with Crippen molar-refractivity contribution in [1.82, 2.24) is 0 Å². The van der Waals surface area contributed by atoms with Gasteiger partial charge in [-0.05, 0) is 18.9 Å². The molecule has 0 unspecified atom stereocenters. The van der Waals surface area contributed by atoms with Crippen LogP contribution in [0.2, 0.25) is 0 Å². The predicted octanol–water partition coefficient (Wildman–Crippen LogP) is 2.08. The number of benzene rings is 1. The quantitative estimate of drug-likeness (QED) is 0.704. The molecule has 0 aromatic heterocycles. The van der Waals surface area contributed by atoms with Crippen LogP contribution in [0.4, 0.5) is 0 Å². The molecule has 4 nitrogen and oxygen atoms in total. The van der Waals surface area contributed by atoms with Crippen molar-refractivity contribution in [2.75, 3.05) is 13.2 Å². The van der Waals surface area contributed by atoms with Crippen LogP contribution in [-0.2, 0) is 20.9 Å². The highest BCUT2D eigenvalue weighted by molar-refractivity contribution is 5.71. The van der Waals surface area contributed by atoms with E-state index in [0.717, 1.165) is 5.56 Å². The van der Waals surface area contributed by atoms with Crippen molar-refractivity contribution in [2.24, 2.45) is 0 Å². The van der Waals surface area contributed by atoms with Gasteiger partial charge in [-0.2, -0.15) is 0 Å². The zero-order valence-electron chi connectivity index (χ0n) is 9.96. The fraction of sp³-hybridized carbons (Fsp3) is 0.462. The number of hydrogen-bond donors (Lipinski definition) is 1. The summed E-state index contributed by atoms with van der Waals surface area (Å²) in [7, 11) is 0. The van der Waals surface area contributed by atoms with Crippen LogP contribution < -0.4 is 0 Å². The number of aliphatic carboxylic acids is 1. The maximum atomic E-state index is 10.4. The zero-order valence-corrected chi connectivity index (χ0v) is 9.96. The third-order valence-corrected chi connectivity index (χ3v) is 2.26. The van der Waals surface area contributed by atoms with Crippen molar-refractivity contribution in [3.63, 3.8) is 0 Å². The summed E-state index contributed by atoms with van der Waals surface area (Å²) in [4.78, 5) is 10.4. The number of hydrogen-bond acceptors (Lipinski definition) is 3. The minimum Gasteiger partial charge on any atom is -0.479 e. The van der Waals surface area contributed by atoms with Gasteiger partial charge >= 0.3 is 5.97 Å². The smallest absolute Gasteiger partial charge is 0.332 e. The molecule has 1 N–H and O–H groups in total. The molecule has 0 radical (unpaired) electrons. The minimum atomic E-state index is -0.935. The minimum absolute atomic E-state index is 0.405. The van der Waals surface area contributed by atoms with Gasteiger partial charge in [-0.3, -0.25) is 0 Å². The van der Waals surface area contributed by atoms with Crippen molar-refractivity contribution in [2.45, 2.75) is 26.1 Å². The van der Waals surface area contributed by atoms with Crippen LogP contribution >= 0.6 is 0 Å². The Hall–Kier alpha value is -1.39. The van der Waals surface area contributed by atoms with Crippen LogP contribution in [0, 0.1) is 0 Å². The molecule has 0 saturated heterocycles. The number of carboxylic acid groups (broad SMARTS) is 1. The topological polar surface area (TPSA) is 55.8 Å². The average Bonchev–Trinajstić information content (AvgIpc) is 2.34. The Morgan fingerprint density at radius 1 is 1.29 bits per heavy atom. The number of carbonyl (C=O) groups is 1. The second kappa shape index (κ2) is 7.81. The fourth-order valence-electron chi connectivity index (χ4n) is 1.26. The molecular formula is C13H18O4. The average molecular weight is 238 g/mol. The van der Waals surface area contributed by atoms with Gasteiger partial charge in [0.25, 0.3) is 0 Å². The lowest BCUT2D eigenvalue weighted by Crippen LogP contribution is -2.20. The molecule has 1 aromatic rings. The molecule has 0 aliphatic heterocycles. The normalized spacial score (nSPS) is 12.3. The van der Waals surface area contributed by atoms with Crippen molar-refractivity contribution >= 4 is 5.97 Å². The van der Waals surface area contributed by atoms with Gasteiger partial charge in [-0.15, -0.1) is 0 Å². The first kappa shape index (κ1) is 13.7. The summed E-state index contributed by atoms with van der Waals surface area (Å²) in [5.41, 5.74) is 1.13. The summed E-state index contributed by atoms with van der Waals surface area (Å²) in [6.07, 6.45) is -0.0473. The monoisotopic (exact) mass is 238 g/mol. The van der Waals surface area contributed by atoms with E-state index in [9.17, 15) is 4.79 Å². The Morgan fingerprint density at radius 2 is 2.00 bits per heavy atom. The van der Waals surface area contributed by atoms with Crippen molar-refractivity contribution in [3.05, 3.63) is 35.9 Å². The SMILES string of the molecule is C[C@H](OCCCOCc1ccccc1)C(=O)O. The third kappa shape index (κ3) is 6.04. The second-order valence-electron chi connectivity index (χ2n) is 3.74. The summed E-state index contributed by atoms with van der Waals surface area (Å²) in [5, 5.41) is 8.58. The Bertz CT molecular complexity index is 323. The highest BCUT2D eigenvalue weighted by Gasteiger charge is 2.09. The second-order valence-corrected chi connectivity index (χ2v) is 3.74. The van der Waals surface area contributed by atoms with E-state index < -0.39 is 12.1 Å². The molecule has 1 rings (SSSR count). The molecule has 0 heterocycles. The summed E-state index contributed by atoms with van der Waals surface area (Å²) in [5.74, 6) is -0.935. The maximum Gasteiger partial charge on any atom is 0.332 e. The summed E-state index contributed by atoms with van der Waals surface area (Å²) in [6.45, 7) is 3.08. The van der Waals surface area contributed by atoms with E-state index in [-0.39, 0.29) is 0 Å². The molecule has 0 saturated carbocycles. The summed E-state index contributed by atoms with van der Waals surface area (Å²) >= 11 is 0. The first-order valence-electron chi connectivity index (χ1n) is 5.66. The molecule has 0 amide bonds. The Balaban J connectivity index is 2.00. The van der Waals surface area contributed by atoms with Gasteiger partial charge < -0.3 is 14.6 Å². The Labute approximate surface area is 101 Å². The molecule has 94 valence electrons. The maximum absolute atomic E-state index is 10.4. The summed E-state index contributed by atoms with van der Waals surface area (Å²) in [6, 6.07) is 9.91. The first-order valence-corrected chi connectivity index (χ1v) is 5.66. The third-order valence-electron chi connectivity index (χ3n) is 2.26. The van der Waals surface area contributed by atoms with E-state index in [1.54, 1.807) is 0 Å². The lowest BCUT2D eigenvalue weighted by molar-refractivity contribution is -0.149. The van der Waals surface area contributed by atoms with Gasteiger partial charge in [0.15, 0.2) is 6.10 Å². The number of rotatable bonds is 8. The van der Waals surface area contributed by atoms with Crippen LogP contribution in [0.15, 0.2) is 30.3 Å². The van der Waals surface area contributed by atoms with Gasteiger partial charge in [0.05, 0.1) is 6.61 Å². The first-order chi connectivity index (χ1) is 8.20. The van der Waals surface area contributed by atoms with Gasteiger partial charge in [-0.1, -0.05) is 30.3 Å². The van der Waals surface area contributed by atoms with Crippen molar-refractivity contribution in [1.29, 1.82) is 0 Å². The van der Waals surface area contributed by atoms with E-state index in [1.807, 2.05) is 30.3 Å². The van der Waals surface area contributed by atoms with E-state index in [2.05, 4.69) is 0 Å². The molecule has 17 heavy (non-hydrogen) atoms. The number of ether oxygens (including phenoxy) is 2. The van der Waals surface area contributed by atoms with E-state index >= 15 is 0 Å². The van der Waals surface area contributed by atoms with Gasteiger partial charge in [-0.25, -0.2) is 4.79 Å². The lowest BCUT2D eigenvalue weighted by atomic mass is 10.2. The molecule has 0 aliphatic carbocycles. The highest BCUT2D eigenvalue weighted by atomic mass is 16.5.